The van der Waals surface area contributed by atoms with Crippen molar-refractivity contribution in [3.63, 3.8) is 0 Å². The molecule has 0 aliphatic rings. The Morgan fingerprint density at radius 2 is 2.06 bits per heavy atom. The number of aliphatic hydroxyl groups excluding tert-OH is 1. The summed E-state index contributed by atoms with van der Waals surface area (Å²) in [4.78, 5) is 10.6. The fourth-order valence-corrected chi connectivity index (χ4v) is 1.59. The van der Waals surface area contributed by atoms with Crippen molar-refractivity contribution in [1.82, 2.24) is 5.32 Å². The maximum atomic E-state index is 10.6. The van der Waals surface area contributed by atoms with Crippen LogP contribution in [0.15, 0.2) is 24.3 Å². The second kappa shape index (κ2) is 6.59. The summed E-state index contributed by atoms with van der Waals surface area (Å²) in [7, 11) is 0. The van der Waals surface area contributed by atoms with Crippen LogP contribution in [-0.2, 0) is 11.2 Å². The lowest BCUT2D eigenvalue weighted by Gasteiger charge is -2.15. The van der Waals surface area contributed by atoms with Crippen molar-refractivity contribution in [3.8, 4) is 0 Å². The van der Waals surface area contributed by atoms with Gasteiger partial charge in [-0.25, -0.2) is 0 Å². The number of rotatable bonds is 6. The molecule has 0 bridgehead atoms. The molecule has 0 aromatic heterocycles. The number of hydrogen-bond acceptors (Lipinski definition) is 3. The zero-order chi connectivity index (χ0) is 12.8. The molecule has 0 saturated heterocycles. The van der Waals surface area contributed by atoms with E-state index < -0.39 is 12.0 Å². The molecule has 0 aliphatic heterocycles. The summed E-state index contributed by atoms with van der Waals surface area (Å²) in [5, 5.41) is 13.0. The maximum absolute atomic E-state index is 10.6. The zero-order valence-electron chi connectivity index (χ0n) is 9.69. The van der Waals surface area contributed by atoms with Gasteiger partial charge >= 0.3 is 0 Å². The summed E-state index contributed by atoms with van der Waals surface area (Å²) < 4.78 is 0. The van der Waals surface area contributed by atoms with E-state index >= 15 is 0 Å². The topological polar surface area (TPSA) is 75.3 Å². The third-order valence-corrected chi connectivity index (χ3v) is 2.70. The van der Waals surface area contributed by atoms with Gasteiger partial charge in [-0.2, -0.15) is 0 Å². The lowest BCUT2D eigenvalue weighted by atomic mass is 10.1. The van der Waals surface area contributed by atoms with Crippen LogP contribution in [0, 0.1) is 0 Å². The highest BCUT2D eigenvalue weighted by Crippen LogP contribution is 2.10. The molecule has 2 atom stereocenters. The molecule has 5 heteroatoms. The average Bonchev–Trinajstić information content (AvgIpc) is 2.29. The van der Waals surface area contributed by atoms with E-state index in [-0.39, 0.29) is 12.6 Å². The Kier molecular flexibility index (Phi) is 5.41. The molecule has 0 aliphatic carbocycles. The van der Waals surface area contributed by atoms with Gasteiger partial charge in [0, 0.05) is 17.6 Å². The molecule has 0 radical (unpaired) electrons. The molecule has 4 N–H and O–H groups in total. The highest BCUT2D eigenvalue weighted by Gasteiger charge is 2.12. The van der Waals surface area contributed by atoms with Crippen LogP contribution in [0.3, 0.4) is 0 Å². The zero-order valence-corrected chi connectivity index (χ0v) is 10.4. The number of benzene rings is 1. The Labute approximate surface area is 106 Å². The fourth-order valence-electron chi connectivity index (χ4n) is 1.46. The van der Waals surface area contributed by atoms with Gasteiger partial charge in [-0.1, -0.05) is 23.7 Å². The quantitative estimate of drug-likeness (QED) is 0.702. The van der Waals surface area contributed by atoms with E-state index in [1.165, 1.54) is 0 Å². The molecule has 0 spiro atoms. The first-order valence-corrected chi connectivity index (χ1v) is 5.82. The fraction of sp³-hybridized carbons (Fsp3) is 0.417. The molecule has 1 rings (SSSR count). The van der Waals surface area contributed by atoms with Gasteiger partial charge in [-0.15, -0.1) is 0 Å². The van der Waals surface area contributed by atoms with Gasteiger partial charge in [0.1, 0.15) is 6.10 Å². The van der Waals surface area contributed by atoms with Gasteiger partial charge in [0.25, 0.3) is 0 Å². The molecule has 1 aromatic carbocycles. The van der Waals surface area contributed by atoms with Crippen molar-refractivity contribution in [3.05, 3.63) is 34.9 Å². The van der Waals surface area contributed by atoms with Gasteiger partial charge in [0.05, 0.1) is 0 Å². The second-order valence-corrected chi connectivity index (χ2v) is 4.49. The van der Waals surface area contributed by atoms with E-state index in [0.29, 0.717) is 5.02 Å². The first kappa shape index (κ1) is 14.0. The van der Waals surface area contributed by atoms with Gasteiger partial charge in [0.15, 0.2) is 0 Å². The Morgan fingerprint density at radius 1 is 1.47 bits per heavy atom. The molecule has 4 nitrogen and oxygen atoms in total. The maximum Gasteiger partial charge on any atom is 0.247 e. The van der Waals surface area contributed by atoms with Crippen LogP contribution >= 0.6 is 11.6 Å². The smallest absolute Gasteiger partial charge is 0.247 e. The average molecular weight is 257 g/mol. The molecule has 0 heterocycles. The minimum absolute atomic E-state index is 0.144. The minimum Gasteiger partial charge on any atom is -0.382 e. The summed E-state index contributed by atoms with van der Waals surface area (Å²) in [5.41, 5.74) is 6.09. The minimum atomic E-state index is -1.14. The van der Waals surface area contributed by atoms with Crippen LogP contribution in [0.1, 0.15) is 12.5 Å². The third kappa shape index (κ3) is 5.17. The number of nitrogens with two attached hydrogens (primary N) is 1. The molecular weight excluding hydrogens is 240 g/mol. The Morgan fingerprint density at radius 3 is 2.59 bits per heavy atom. The summed E-state index contributed by atoms with van der Waals surface area (Å²) in [6.07, 6.45) is -0.342. The lowest BCUT2D eigenvalue weighted by Crippen LogP contribution is -2.41. The van der Waals surface area contributed by atoms with E-state index in [9.17, 15) is 9.90 Å². The van der Waals surface area contributed by atoms with Crippen molar-refractivity contribution >= 4 is 17.5 Å². The van der Waals surface area contributed by atoms with E-state index in [4.69, 9.17) is 17.3 Å². The Bertz CT molecular complexity index is 367. The predicted molar refractivity (Wildman–Crippen MR) is 67.8 cm³/mol. The Balaban J connectivity index is 2.36. The van der Waals surface area contributed by atoms with Gasteiger partial charge in [-0.3, -0.25) is 4.79 Å². The van der Waals surface area contributed by atoms with E-state index in [2.05, 4.69) is 5.32 Å². The molecule has 0 fully saturated rings. The third-order valence-electron chi connectivity index (χ3n) is 2.44. The number of nitrogens with one attached hydrogen (secondary N) is 1. The standard InChI is InChI=1S/C12H17ClN2O2/c1-8(15-7-11(16)12(14)17)6-9-2-4-10(13)5-3-9/h2-5,8,11,15-16H,6-7H2,1H3,(H2,14,17). The molecule has 1 amide bonds. The monoisotopic (exact) mass is 256 g/mol. The normalized spacial score (nSPS) is 14.3. The van der Waals surface area contributed by atoms with Gasteiger partial charge in [-0.05, 0) is 31.0 Å². The molecule has 1 aromatic rings. The SMILES string of the molecule is CC(Cc1ccc(Cl)cc1)NCC(O)C(N)=O. The molecule has 17 heavy (non-hydrogen) atoms. The van der Waals surface area contributed by atoms with Crippen molar-refractivity contribution < 1.29 is 9.90 Å². The van der Waals surface area contributed by atoms with Crippen molar-refractivity contribution in [2.45, 2.75) is 25.5 Å². The second-order valence-electron chi connectivity index (χ2n) is 4.06. The number of hydrogen-bond donors (Lipinski definition) is 3. The summed E-state index contributed by atoms with van der Waals surface area (Å²) in [6.45, 7) is 2.15. The van der Waals surface area contributed by atoms with Crippen LogP contribution in [0.25, 0.3) is 0 Å². The molecule has 0 saturated carbocycles. The first-order chi connectivity index (χ1) is 7.99. The van der Waals surface area contributed by atoms with E-state index in [0.717, 1.165) is 12.0 Å². The van der Waals surface area contributed by atoms with Gasteiger partial charge < -0.3 is 16.2 Å². The van der Waals surface area contributed by atoms with Crippen LogP contribution in [0.2, 0.25) is 5.02 Å². The molecule has 94 valence electrons. The summed E-state index contributed by atoms with van der Waals surface area (Å²) in [6, 6.07) is 7.71. The lowest BCUT2D eigenvalue weighted by molar-refractivity contribution is -0.125. The molecular formula is C12H17ClN2O2. The number of aliphatic hydroxyl groups is 1. The predicted octanol–water partition coefficient (Wildman–Crippen LogP) is 0.707. The highest BCUT2D eigenvalue weighted by molar-refractivity contribution is 6.30. The van der Waals surface area contributed by atoms with Gasteiger partial charge in [0.2, 0.25) is 5.91 Å². The summed E-state index contributed by atoms with van der Waals surface area (Å²) in [5.74, 6) is -0.712. The van der Waals surface area contributed by atoms with Crippen molar-refractivity contribution in [2.75, 3.05) is 6.54 Å². The Hall–Kier alpha value is -1.10. The van der Waals surface area contributed by atoms with Crippen molar-refractivity contribution in [1.29, 1.82) is 0 Å². The molecule has 2 unspecified atom stereocenters. The number of carbonyl (C=O) groups excluding carboxylic acids is 1. The number of carbonyl (C=O) groups is 1. The van der Waals surface area contributed by atoms with Crippen LogP contribution in [0.5, 0.6) is 0 Å². The number of halogens is 1. The number of primary amides is 1. The highest BCUT2D eigenvalue weighted by atomic mass is 35.5. The number of amides is 1. The van der Waals surface area contributed by atoms with Crippen LogP contribution < -0.4 is 11.1 Å². The van der Waals surface area contributed by atoms with Crippen LogP contribution in [0.4, 0.5) is 0 Å². The largest absolute Gasteiger partial charge is 0.382 e. The van der Waals surface area contributed by atoms with Crippen molar-refractivity contribution in [2.24, 2.45) is 5.73 Å². The van der Waals surface area contributed by atoms with E-state index in [1.807, 2.05) is 31.2 Å². The first-order valence-electron chi connectivity index (χ1n) is 5.44. The van der Waals surface area contributed by atoms with E-state index in [1.54, 1.807) is 0 Å². The van der Waals surface area contributed by atoms with Crippen LogP contribution in [-0.4, -0.2) is 29.7 Å². The summed E-state index contributed by atoms with van der Waals surface area (Å²) >= 11 is 5.79.